The van der Waals surface area contributed by atoms with Gasteiger partial charge < -0.3 is 15.2 Å². The van der Waals surface area contributed by atoms with Gasteiger partial charge in [0.2, 0.25) is 5.91 Å². The third-order valence-corrected chi connectivity index (χ3v) is 4.83. The van der Waals surface area contributed by atoms with Crippen LogP contribution in [0.15, 0.2) is 48.5 Å². The maximum Gasteiger partial charge on any atom is 0.253 e. The molecule has 2 amide bonds. The van der Waals surface area contributed by atoms with Crippen molar-refractivity contribution in [1.29, 1.82) is 0 Å². The zero-order chi connectivity index (χ0) is 19.4. The molecule has 5 nitrogen and oxygen atoms in total. The van der Waals surface area contributed by atoms with Gasteiger partial charge in [0.05, 0.1) is 6.42 Å². The second kappa shape index (κ2) is 8.08. The van der Waals surface area contributed by atoms with Crippen LogP contribution in [0, 0.1) is 6.92 Å². The highest BCUT2D eigenvalue weighted by molar-refractivity contribution is 5.98. The van der Waals surface area contributed by atoms with Crippen LogP contribution in [0.25, 0.3) is 10.9 Å². The van der Waals surface area contributed by atoms with Crippen LogP contribution in [-0.2, 0) is 11.2 Å². The molecule has 0 fully saturated rings. The molecule has 0 atom stereocenters. The first-order valence-electron chi connectivity index (χ1n) is 9.28. The molecule has 5 heteroatoms. The number of rotatable bonds is 6. The third kappa shape index (κ3) is 4.03. The van der Waals surface area contributed by atoms with Gasteiger partial charge in [0, 0.05) is 40.9 Å². The third-order valence-electron chi connectivity index (χ3n) is 4.83. The Balaban J connectivity index is 1.69. The van der Waals surface area contributed by atoms with Gasteiger partial charge in [-0.3, -0.25) is 9.59 Å². The van der Waals surface area contributed by atoms with Crippen molar-refractivity contribution in [3.8, 4) is 0 Å². The van der Waals surface area contributed by atoms with Crippen LogP contribution in [0.3, 0.4) is 0 Å². The maximum atomic E-state index is 12.5. The predicted molar refractivity (Wildman–Crippen MR) is 109 cm³/mol. The minimum atomic E-state index is -0.0781. The summed E-state index contributed by atoms with van der Waals surface area (Å²) in [5, 5.41) is 3.99. The zero-order valence-electron chi connectivity index (χ0n) is 16.0. The summed E-state index contributed by atoms with van der Waals surface area (Å²) in [6.07, 6.45) is 0.302. The lowest BCUT2D eigenvalue weighted by Gasteiger charge is -2.18. The van der Waals surface area contributed by atoms with E-state index in [2.05, 4.69) is 10.3 Å². The summed E-state index contributed by atoms with van der Waals surface area (Å²) in [7, 11) is 0. The molecule has 2 N–H and O–H groups in total. The number of para-hydroxylation sites is 1. The molecule has 3 aromatic rings. The summed E-state index contributed by atoms with van der Waals surface area (Å²) < 4.78 is 0. The number of nitrogens with one attached hydrogen (secondary N) is 2. The van der Waals surface area contributed by atoms with Gasteiger partial charge in [0.25, 0.3) is 5.91 Å². The molecule has 2 aromatic carbocycles. The molecule has 0 radical (unpaired) electrons. The van der Waals surface area contributed by atoms with E-state index < -0.39 is 0 Å². The fraction of sp³-hybridized carbons (Fsp3) is 0.273. The lowest BCUT2D eigenvalue weighted by Crippen LogP contribution is -2.30. The van der Waals surface area contributed by atoms with Crippen LogP contribution in [0.5, 0.6) is 0 Å². The Kier molecular flexibility index (Phi) is 5.60. The number of nitrogens with zero attached hydrogens (tertiary/aromatic N) is 1. The number of anilines is 1. The molecule has 0 aliphatic carbocycles. The molecule has 0 saturated carbocycles. The van der Waals surface area contributed by atoms with Gasteiger partial charge in [0.1, 0.15) is 0 Å². The average molecular weight is 363 g/mol. The van der Waals surface area contributed by atoms with Gasteiger partial charge in [-0.15, -0.1) is 0 Å². The number of hydrogen-bond acceptors (Lipinski definition) is 2. The second-order valence-electron chi connectivity index (χ2n) is 6.55. The Morgan fingerprint density at radius 2 is 1.67 bits per heavy atom. The van der Waals surface area contributed by atoms with Gasteiger partial charge in [-0.1, -0.05) is 18.2 Å². The molecule has 0 bridgehead atoms. The van der Waals surface area contributed by atoms with Crippen molar-refractivity contribution in [2.75, 3.05) is 18.4 Å². The minimum absolute atomic E-state index is 0.00675. The van der Waals surface area contributed by atoms with Crippen molar-refractivity contribution in [2.45, 2.75) is 27.2 Å². The van der Waals surface area contributed by atoms with E-state index in [-0.39, 0.29) is 11.8 Å². The van der Waals surface area contributed by atoms with E-state index in [4.69, 9.17) is 0 Å². The first-order valence-corrected chi connectivity index (χ1v) is 9.28. The molecular weight excluding hydrogens is 338 g/mol. The van der Waals surface area contributed by atoms with E-state index in [9.17, 15) is 9.59 Å². The lowest BCUT2D eigenvalue weighted by atomic mass is 10.1. The highest BCUT2D eigenvalue weighted by Crippen LogP contribution is 2.22. The molecule has 3 rings (SSSR count). The summed E-state index contributed by atoms with van der Waals surface area (Å²) in [6, 6.07) is 15.0. The Morgan fingerprint density at radius 3 is 2.33 bits per heavy atom. The molecule has 1 aromatic heterocycles. The number of carbonyl (C=O) groups is 2. The van der Waals surface area contributed by atoms with Crippen LogP contribution in [0.1, 0.15) is 35.5 Å². The number of H-pyrrole nitrogens is 1. The first-order chi connectivity index (χ1) is 13.0. The number of aryl methyl sites for hydroxylation is 1. The number of benzene rings is 2. The van der Waals surface area contributed by atoms with E-state index in [1.807, 2.05) is 45.0 Å². The molecule has 0 aliphatic heterocycles. The van der Waals surface area contributed by atoms with Crippen LogP contribution < -0.4 is 5.32 Å². The summed E-state index contributed by atoms with van der Waals surface area (Å²) >= 11 is 0. The second-order valence-corrected chi connectivity index (χ2v) is 6.55. The number of amides is 2. The number of fused-ring (bicyclic) bond motifs is 1. The zero-order valence-corrected chi connectivity index (χ0v) is 16.0. The van der Waals surface area contributed by atoms with Gasteiger partial charge >= 0.3 is 0 Å². The minimum Gasteiger partial charge on any atom is -0.358 e. The van der Waals surface area contributed by atoms with Crippen molar-refractivity contribution >= 4 is 28.4 Å². The van der Waals surface area contributed by atoms with E-state index in [0.29, 0.717) is 30.8 Å². The van der Waals surface area contributed by atoms with Gasteiger partial charge in [-0.2, -0.15) is 0 Å². The number of aromatic nitrogens is 1. The highest BCUT2D eigenvalue weighted by atomic mass is 16.2. The lowest BCUT2D eigenvalue weighted by molar-refractivity contribution is -0.115. The van der Waals surface area contributed by atoms with Crippen LogP contribution in [0.2, 0.25) is 0 Å². The van der Waals surface area contributed by atoms with E-state index in [1.165, 1.54) is 0 Å². The fourth-order valence-electron chi connectivity index (χ4n) is 3.32. The Bertz CT molecular complexity index is 953. The molecule has 27 heavy (non-hydrogen) atoms. The van der Waals surface area contributed by atoms with Crippen molar-refractivity contribution in [1.82, 2.24) is 9.88 Å². The smallest absolute Gasteiger partial charge is 0.253 e. The molecule has 0 spiro atoms. The molecule has 0 unspecified atom stereocenters. The van der Waals surface area contributed by atoms with Crippen LogP contribution >= 0.6 is 0 Å². The largest absolute Gasteiger partial charge is 0.358 e. The molecule has 140 valence electrons. The fourth-order valence-corrected chi connectivity index (χ4v) is 3.32. The van der Waals surface area contributed by atoms with Gasteiger partial charge in [-0.25, -0.2) is 0 Å². The monoisotopic (exact) mass is 363 g/mol. The Morgan fingerprint density at radius 1 is 1.00 bits per heavy atom. The van der Waals surface area contributed by atoms with Crippen molar-refractivity contribution < 1.29 is 9.59 Å². The quantitative estimate of drug-likeness (QED) is 0.691. The van der Waals surface area contributed by atoms with Crippen LogP contribution in [-0.4, -0.2) is 34.8 Å². The number of hydrogen-bond donors (Lipinski definition) is 2. The van der Waals surface area contributed by atoms with Crippen molar-refractivity contribution in [3.05, 3.63) is 65.4 Å². The summed E-state index contributed by atoms with van der Waals surface area (Å²) in [4.78, 5) is 29.9. The number of carbonyl (C=O) groups excluding carboxylic acids is 2. The van der Waals surface area contributed by atoms with Crippen LogP contribution in [0.4, 0.5) is 5.69 Å². The summed E-state index contributed by atoms with van der Waals surface area (Å²) in [6.45, 7) is 7.26. The van der Waals surface area contributed by atoms with Gasteiger partial charge in [0.15, 0.2) is 0 Å². The molecule has 0 saturated heterocycles. The SMILES string of the molecule is CCN(CC)C(=O)c1ccc(NC(=O)Cc2c(C)[nH]c3ccccc23)cc1. The molecular formula is C22H25N3O2. The normalized spacial score (nSPS) is 10.8. The molecule has 0 aliphatic rings. The van der Waals surface area contributed by atoms with E-state index in [0.717, 1.165) is 22.2 Å². The van der Waals surface area contributed by atoms with Crippen molar-refractivity contribution in [3.63, 3.8) is 0 Å². The topological polar surface area (TPSA) is 65.2 Å². The van der Waals surface area contributed by atoms with E-state index in [1.54, 1.807) is 29.2 Å². The summed E-state index contributed by atoms with van der Waals surface area (Å²) in [5.74, 6) is -0.0713. The standard InChI is InChI=1S/C22H25N3O2/c1-4-25(5-2)22(27)16-10-12-17(13-11-16)24-21(26)14-19-15(3)23-20-9-7-6-8-18(19)20/h6-13,23H,4-5,14H2,1-3H3,(H,24,26). The number of aromatic amines is 1. The van der Waals surface area contributed by atoms with Crippen molar-refractivity contribution in [2.24, 2.45) is 0 Å². The first kappa shape index (κ1) is 18.7. The highest BCUT2D eigenvalue weighted by Gasteiger charge is 2.14. The van der Waals surface area contributed by atoms with E-state index >= 15 is 0 Å². The predicted octanol–water partition coefficient (Wildman–Crippen LogP) is 4.14. The average Bonchev–Trinajstić information content (AvgIpc) is 2.98. The Hall–Kier alpha value is -3.08. The molecule has 1 heterocycles. The summed E-state index contributed by atoms with van der Waals surface area (Å²) in [5.41, 5.74) is 4.37. The Labute approximate surface area is 159 Å². The van der Waals surface area contributed by atoms with Gasteiger partial charge in [-0.05, 0) is 56.7 Å². The maximum absolute atomic E-state index is 12.5.